The predicted octanol–water partition coefficient (Wildman–Crippen LogP) is 2.64. The van der Waals surface area contributed by atoms with Gasteiger partial charge in [-0.05, 0) is 19.3 Å². The van der Waals surface area contributed by atoms with Gasteiger partial charge in [-0.25, -0.2) is 0 Å². The molecule has 0 aliphatic heterocycles. The lowest BCUT2D eigenvalue weighted by atomic mass is 9.99. The van der Waals surface area contributed by atoms with E-state index in [0.29, 0.717) is 12.3 Å². The van der Waals surface area contributed by atoms with Crippen LogP contribution in [-0.2, 0) is 11.2 Å². The number of nitrogens with zero attached hydrogens (tertiary/aromatic N) is 2. The minimum absolute atomic E-state index is 0.138. The summed E-state index contributed by atoms with van der Waals surface area (Å²) in [5.74, 6) is 1.40. The Kier molecular flexibility index (Phi) is 3.70. The zero-order valence-corrected chi connectivity index (χ0v) is 9.74. The first kappa shape index (κ1) is 11.3. The second-order valence-corrected chi connectivity index (χ2v) is 4.42. The number of rotatable bonds is 3. The standard InChI is InChI=1S/C12H18N2O2/c1-2-6-11-13-12(16-14-11)9-7-4-3-5-8-10(9)15/h9H,2-8H2,1H3. The number of carbonyl (C=O) groups excluding carboxylic acids is 1. The summed E-state index contributed by atoms with van der Waals surface area (Å²) in [4.78, 5) is 16.2. The van der Waals surface area contributed by atoms with Crippen molar-refractivity contribution < 1.29 is 9.32 Å². The summed E-state index contributed by atoms with van der Waals surface area (Å²) in [6.45, 7) is 2.08. The van der Waals surface area contributed by atoms with E-state index in [9.17, 15) is 4.79 Å². The van der Waals surface area contributed by atoms with Crippen LogP contribution in [0.1, 0.15) is 63.1 Å². The number of hydrogen-bond donors (Lipinski definition) is 0. The summed E-state index contributed by atoms with van der Waals surface area (Å²) in [7, 11) is 0. The third-order valence-corrected chi connectivity index (χ3v) is 3.06. The third-order valence-electron chi connectivity index (χ3n) is 3.06. The first-order valence-corrected chi connectivity index (χ1v) is 6.16. The first-order valence-electron chi connectivity index (χ1n) is 6.16. The Morgan fingerprint density at radius 1 is 1.38 bits per heavy atom. The molecule has 2 rings (SSSR count). The van der Waals surface area contributed by atoms with Crippen LogP contribution >= 0.6 is 0 Å². The van der Waals surface area contributed by atoms with Crippen LogP contribution in [0.5, 0.6) is 0 Å². The van der Waals surface area contributed by atoms with E-state index in [1.54, 1.807) is 0 Å². The average molecular weight is 222 g/mol. The van der Waals surface area contributed by atoms with Gasteiger partial charge in [0.1, 0.15) is 5.78 Å². The highest BCUT2D eigenvalue weighted by Crippen LogP contribution is 2.27. The molecule has 16 heavy (non-hydrogen) atoms. The molecular weight excluding hydrogens is 204 g/mol. The van der Waals surface area contributed by atoms with Gasteiger partial charge in [-0.3, -0.25) is 4.79 Å². The van der Waals surface area contributed by atoms with Crippen molar-refractivity contribution in [3.05, 3.63) is 11.7 Å². The largest absolute Gasteiger partial charge is 0.339 e. The fourth-order valence-corrected chi connectivity index (χ4v) is 2.16. The van der Waals surface area contributed by atoms with Crippen LogP contribution in [0.25, 0.3) is 0 Å². The van der Waals surface area contributed by atoms with E-state index in [-0.39, 0.29) is 11.7 Å². The molecule has 4 nitrogen and oxygen atoms in total. The molecule has 1 aliphatic rings. The van der Waals surface area contributed by atoms with Crippen LogP contribution in [0.3, 0.4) is 0 Å². The second-order valence-electron chi connectivity index (χ2n) is 4.42. The normalized spacial score (nSPS) is 22.1. The maximum absolute atomic E-state index is 11.9. The van der Waals surface area contributed by atoms with Crippen LogP contribution in [-0.4, -0.2) is 15.9 Å². The van der Waals surface area contributed by atoms with Gasteiger partial charge < -0.3 is 4.52 Å². The molecule has 0 aromatic carbocycles. The Labute approximate surface area is 95.4 Å². The zero-order valence-electron chi connectivity index (χ0n) is 9.74. The summed E-state index contributed by atoms with van der Waals surface area (Å²) in [5, 5.41) is 3.91. The summed E-state index contributed by atoms with van der Waals surface area (Å²) in [5.41, 5.74) is 0. The molecule has 1 unspecified atom stereocenters. The maximum atomic E-state index is 11.9. The second kappa shape index (κ2) is 5.23. The maximum Gasteiger partial charge on any atom is 0.237 e. The molecule has 0 bridgehead atoms. The molecule has 1 aromatic rings. The Morgan fingerprint density at radius 3 is 3.06 bits per heavy atom. The van der Waals surface area contributed by atoms with Gasteiger partial charge in [-0.1, -0.05) is 24.9 Å². The molecule has 1 aromatic heterocycles. The SMILES string of the molecule is CCCc1noc(C2CCCCCC2=O)n1. The smallest absolute Gasteiger partial charge is 0.237 e. The zero-order chi connectivity index (χ0) is 11.4. The molecule has 1 saturated carbocycles. The quantitative estimate of drug-likeness (QED) is 0.738. The van der Waals surface area contributed by atoms with Crippen LogP contribution < -0.4 is 0 Å². The predicted molar refractivity (Wildman–Crippen MR) is 59.1 cm³/mol. The average Bonchev–Trinajstić information content (AvgIpc) is 2.61. The number of hydrogen-bond acceptors (Lipinski definition) is 4. The van der Waals surface area contributed by atoms with Gasteiger partial charge in [0.25, 0.3) is 0 Å². The molecule has 0 radical (unpaired) electrons. The van der Waals surface area contributed by atoms with E-state index >= 15 is 0 Å². The minimum Gasteiger partial charge on any atom is -0.339 e. The first-order chi connectivity index (χ1) is 7.81. The highest BCUT2D eigenvalue weighted by atomic mass is 16.5. The van der Waals surface area contributed by atoms with E-state index in [0.717, 1.165) is 44.3 Å². The summed E-state index contributed by atoms with van der Waals surface area (Å²) in [6, 6.07) is 0. The van der Waals surface area contributed by atoms with Gasteiger partial charge in [0, 0.05) is 12.8 Å². The molecular formula is C12H18N2O2. The van der Waals surface area contributed by atoms with Crippen molar-refractivity contribution in [2.75, 3.05) is 0 Å². The Hall–Kier alpha value is -1.19. The minimum atomic E-state index is -0.138. The van der Waals surface area contributed by atoms with E-state index in [1.807, 2.05) is 0 Å². The lowest BCUT2D eigenvalue weighted by Crippen LogP contribution is -2.10. The molecule has 0 saturated heterocycles. The van der Waals surface area contributed by atoms with Crippen molar-refractivity contribution in [1.29, 1.82) is 0 Å². The van der Waals surface area contributed by atoms with Gasteiger partial charge >= 0.3 is 0 Å². The van der Waals surface area contributed by atoms with Crippen molar-refractivity contribution in [2.24, 2.45) is 0 Å². The Bertz CT molecular complexity index is 360. The number of aryl methyl sites for hydroxylation is 1. The number of carbonyl (C=O) groups is 1. The number of aromatic nitrogens is 2. The van der Waals surface area contributed by atoms with Gasteiger partial charge in [0.2, 0.25) is 5.89 Å². The van der Waals surface area contributed by atoms with Crippen LogP contribution in [0, 0.1) is 0 Å². The molecule has 88 valence electrons. The van der Waals surface area contributed by atoms with Crippen molar-refractivity contribution in [1.82, 2.24) is 10.1 Å². The highest BCUT2D eigenvalue weighted by Gasteiger charge is 2.27. The molecule has 0 N–H and O–H groups in total. The summed E-state index contributed by atoms with van der Waals surface area (Å²) < 4.78 is 5.20. The summed E-state index contributed by atoms with van der Waals surface area (Å²) >= 11 is 0. The molecule has 1 heterocycles. The third kappa shape index (κ3) is 2.49. The van der Waals surface area contributed by atoms with Gasteiger partial charge in [-0.15, -0.1) is 0 Å². The van der Waals surface area contributed by atoms with Crippen LogP contribution in [0.2, 0.25) is 0 Å². The van der Waals surface area contributed by atoms with E-state index in [2.05, 4.69) is 17.1 Å². The van der Waals surface area contributed by atoms with Crippen molar-refractivity contribution in [3.8, 4) is 0 Å². The van der Waals surface area contributed by atoms with Gasteiger partial charge in [-0.2, -0.15) is 4.98 Å². The van der Waals surface area contributed by atoms with Crippen LogP contribution in [0.15, 0.2) is 4.52 Å². The Morgan fingerprint density at radius 2 is 2.25 bits per heavy atom. The lowest BCUT2D eigenvalue weighted by Gasteiger charge is -2.06. The van der Waals surface area contributed by atoms with Crippen molar-refractivity contribution >= 4 is 5.78 Å². The molecule has 1 fully saturated rings. The van der Waals surface area contributed by atoms with E-state index < -0.39 is 0 Å². The van der Waals surface area contributed by atoms with Gasteiger partial charge in [0.05, 0.1) is 5.92 Å². The number of ketones is 1. The highest BCUT2D eigenvalue weighted by molar-refractivity contribution is 5.84. The molecule has 0 spiro atoms. The van der Waals surface area contributed by atoms with Crippen molar-refractivity contribution in [3.63, 3.8) is 0 Å². The molecule has 1 aliphatic carbocycles. The number of Topliss-reactive ketones (excluding diaryl/α,β-unsaturated/α-hetero) is 1. The fraction of sp³-hybridized carbons (Fsp3) is 0.750. The Balaban J connectivity index is 2.11. The summed E-state index contributed by atoms with van der Waals surface area (Å²) in [6.07, 6.45) is 6.58. The topological polar surface area (TPSA) is 56.0 Å². The van der Waals surface area contributed by atoms with Crippen LogP contribution in [0.4, 0.5) is 0 Å². The van der Waals surface area contributed by atoms with E-state index in [1.165, 1.54) is 0 Å². The van der Waals surface area contributed by atoms with Crippen molar-refractivity contribution in [2.45, 2.75) is 57.8 Å². The molecule has 4 heteroatoms. The molecule has 0 amide bonds. The molecule has 1 atom stereocenters. The fourth-order valence-electron chi connectivity index (χ4n) is 2.16. The monoisotopic (exact) mass is 222 g/mol. The van der Waals surface area contributed by atoms with E-state index in [4.69, 9.17) is 4.52 Å². The van der Waals surface area contributed by atoms with Gasteiger partial charge in [0.15, 0.2) is 5.82 Å². The lowest BCUT2D eigenvalue weighted by molar-refractivity contribution is -0.120.